The van der Waals surface area contributed by atoms with Gasteiger partial charge in [0.15, 0.2) is 5.75 Å². The van der Waals surface area contributed by atoms with Gasteiger partial charge < -0.3 is 19.2 Å². The molecule has 0 aliphatic carbocycles. The van der Waals surface area contributed by atoms with Crippen LogP contribution in [0.25, 0.3) is 6.08 Å². The van der Waals surface area contributed by atoms with Crippen molar-refractivity contribution in [3.05, 3.63) is 56.5 Å². The van der Waals surface area contributed by atoms with E-state index < -0.39 is 23.9 Å². The maximum atomic E-state index is 12.6. The number of carbonyl (C=O) groups excluding carboxylic acids is 4. The van der Waals surface area contributed by atoms with Crippen LogP contribution < -0.4 is 10.1 Å². The summed E-state index contributed by atoms with van der Waals surface area (Å²) in [5, 5.41) is 2.61. The second-order valence-corrected chi connectivity index (χ2v) is 7.31. The summed E-state index contributed by atoms with van der Waals surface area (Å²) in [6.45, 7) is 1.07. The Kier molecular flexibility index (Phi) is 6.28. The number of amides is 3. The lowest BCUT2D eigenvalue weighted by Crippen LogP contribution is -2.30. The smallest absolute Gasteiger partial charge is 0.373 e. The summed E-state index contributed by atoms with van der Waals surface area (Å²) >= 11 is 9.39. The molecule has 1 aromatic carbocycles. The van der Waals surface area contributed by atoms with Gasteiger partial charge in [-0.15, -0.1) is 0 Å². The van der Waals surface area contributed by atoms with Crippen LogP contribution in [0.2, 0.25) is 5.02 Å². The third-order valence-electron chi connectivity index (χ3n) is 3.90. The molecule has 0 radical (unpaired) electrons. The van der Waals surface area contributed by atoms with Gasteiger partial charge in [0.25, 0.3) is 5.91 Å². The van der Waals surface area contributed by atoms with Crippen LogP contribution in [0.4, 0.5) is 4.79 Å². The molecule has 0 spiro atoms. The molecular formula is C19H14BrClN2O7. The lowest BCUT2D eigenvalue weighted by molar-refractivity contribution is -0.132. The number of ether oxygens (including phenoxy) is 2. The molecule has 1 N–H and O–H groups in total. The number of imide groups is 1. The predicted molar refractivity (Wildman–Crippen MR) is 108 cm³/mol. The lowest BCUT2D eigenvalue weighted by Gasteiger charge is -2.09. The number of hydrogen-bond donors (Lipinski definition) is 1. The molecule has 11 heteroatoms. The number of urea groups is 1. The monoisotopic (exact) mass is 496 g/mol. The molecule has 0 atom stereocenters. The highest BCUT2D eigenvalue weighted by atomic mass is 79.9. The molecule has 0 saturated carbocycles. The molecule has 1 fully saturated rings. The number of rotatable bonds is 5. The van der Waals surface area contributed by atoms with Gasteiger partial charge in [-0.05, 0) is 51.8 Å². The molecule has 0 bridgehead atoms. The zero-order chi connectivity index (χ0) is 22.0. The van der Waals surface area contributed by atoms with E-state index in [0.717, 1.165) is 4.90 Å². The second kappa shape index (κ2) is 8.72. The van der Waals surface area contributed by atoms with Crippen LogP contribution in [-0.2, 0) is 20.9 Å². The summed E-state index contributed by atoms with van der Waals surface area (Å²) in [4.78, 5) is 48.4. The van der Waals surface area contributed by atoms with Crippen LogP contribution in [0.15, 0.2) is 38.9 Å². The van der Waals surface area contributed by atoms with Crippen molar-refractivity contribution in [1.29, 1.82) is 0 Å². The Morgan fingerprint density at radius 3 is 2.67 bits per heavy atom. The first kappa shape index (κ1) is 21.6. The Morgan fingerprint density at radius 2 is 2.03 bits per heavy atom. The Labute approximate surface area is 183 Å². The molecule has 9 nitrogen and oxygen atoms in total. The first-order valence-electron chi connectivity index (χ1n) is 8.38. The van der Waals surface area contributed by atoms with Crippen molar-refractivity contribution in [2.45, 2.75) is 13.5 Å². The number of halogens is 2. The van der Waals surface area contributed by atoms with Crippen LogP contribution in [-0.4, -0.2) is 35.9 Å². The van der Waals surface area contributed by atoms with E-state index >= 15 is 0 Å². The molecular weight excluding hydrogens is 484 g/mol. The number of methoxy groups -OCH3 is 1. The van der Waals surface area contributed by atoms with Gasteiger partial charge in [-0.2, -0.15) is 0 Å². The van der Waals surface area contributed by atoms with E-state index in [1.54, 1.807) is 6.07 Å². The highest BCUT2D eigenvalue weighted by Gasteiger charge is 2.34. The van der Waals surface area contributed by atoms with E-state index in [1.165, 1.54) is 38.3 Å². The lowest BCUT2D eigenvalue weighted by atomic mass is 10.2. The molecule has 1 saturated heterocycles. The van der Waals surface area contributed by atoms with Crippen molar-refractivity contribution < 1.29 is 33.1 Å². The van der Waals surface area contributed by atoms with E-state index in [1.807, 2.05) is 0 Å². The Morgan fingerprint density at radius 1 is 1.30 bits per heavy atom. The fourth-order valence-electron chi connectivity index (χ4n) is 2.61. The fourth-order valence-corrected chi connectivity index (χ4v) is 3.55. The minimum atomic E-state index is -0.668. The van der Waals surface area contributed by atoms with Gasteiger partial charge in [0, 0.05) is 6.92 Å². The van der Waals surface area contributed by atoms with Gasteiger partial charge in [-0.25, -0.2) is 9.59 Å². The Bertz CT molecular complexity index is 1070. The molecule has 2 heterocycles. The van der Waals surface area contributed by atoms with Crippen LogP contribution in [0.3, 0.4) is 0 Å². The summed E-state index contributed by atoms with van der Waals surface area (Å²) in [6.07, 6.45) is 1.43. The molecule has 1 aromatic heterocycles. The summed E-state index contributed by atoms with van der Waals surface area (Å²) in [5.41, 5.74) is 0.502. The molecule has 156 valence electrons. The second-order valence-electron chi connectivity index (χ2n) is 6.04. The molecule has 1 aliphatic heterocycles. The predicted octanol–water partition coefficient (Wildman–Crippen LogP) is 3.50. The Balaban J connectivity index is 1.80. The van der Waals surface area contributed by atoms with Crippen LogP contribution in [0, 0.1) is 0 Å². The van der Waals surface area contributed by atoms with Gasteiger partial charge in [0.05, 0.1) is 23.1 Å². The number of esters is 2. The van der Waals surface area contributed by atoms with Crippen molar-refractivity contribution in [2.24, 2.45) is 0 Å². The number of benzene rings is 1. The van der Waals surface area contributed by atoms with Crippen molar-refractivity contribution in [2.75, 3.05) is 7.11 Å². The maximum Gasteiger partial charge on any atom is 0.373 e. The molecule has 2 aromatic rings. The normalized spacial score (nSPS) is 14.8. The number of carbonyl (C=O) groups is 4. The summed E-state index contributed by atoms with van der Waals surface area (Å²) in [6, 6.07) is 5.27. The Hall–Kier alpha value is -3.11. The molecule has 3 rings (SSSR count). The van der Waals surface area contributed by atoms with Crippen LogP contribution >= 0.6 is 27.5 Å². The average Bonchev–Trinajstić information content (AvgIpc) is 3.25. The highest BCUT2D eigenvalue weighted by Crippen LogP contribution is 2.35. The third-order valence-corrected chi connectivity index (χ3v) is 4.77. The van der Waals surface area contributed by atoms with Gasteiger partial charge in [-0.3, -0.25) is 14.5 Å². The van der Waals surface area contributed by atoms with Gasteiger partial charge >= 0.3 is 18.0 Å². The van der Waals surface area contributed by atoms with Gasteiger partial charge in [0.1, 0.15) is 11.5 Å². The number of hydrogen-bond acceptors (Lipinski definition) is 7. The van der Waals surface area contributed by atoms with Crippen molar-refractivity contribution >= 4 is 57.5 Å². The number of nitrogens with one attached hydrogen (secondary N) is 1. The van der Waals surface area contributed by atoms with Crippen LogP contribution in [0.1, 0.15) is 28.8 Å². The first-order valence-corrected chi connectivity index (χ1v) is 9.55. The van der Waals surface area contributed by atoms with E-state index in [9.17, 15) is 19.2 Å². The highest BCUT2D eigenvalue weighted by molar-refractivity contribution is 9.10. The fraction of sp³-hybridized carbons (Fsp3) is 0.158. The van der Waals surface area contributed by atoms with Gasteiger partial charge in [-0.1, -0.05) is 11.6 Å². The zero-order valence-electron chi connectivity index (χ0n) is 15.7. The standard InChI is InChI=1S/C19H14BrClN2O7/c1-9(24)29-16-12(20)5-10(6-13(16)21)7-14-17(25)23(19(27)22-14)8-11-3-4-15(30-11)18(26)28-2/h3-7H,8H2,1-2H3,(H,22,27). The summed E-state index contributed by atoms with van der Waals surface area (Å²) in [7, 11) is 1.21. The summed E-state index contributed by atoms with van der Waals surface area (Å²) < 4.78 is 15.3. The maximum absolute atomic E-state index is 12.6. The van der Waals surface area contributed by atoms with E-state index in [4.69, 9.17) is 20.8 Å². The molecule has 30 heavy (non-hydrogen) atoms. The SMILES string of the molecule is COC(=O)c1ccc(CN2C(=O)NC(=Cc3cc(Cl)c(OC(C)=O)c(Br)c3)C2=O)o1. The molecule has 0 unspecified atom stereocenters. The quantitative estimate of drug-likeness (QED) is 0.291. The van der Waals surface area contributed by atoms with Crippen molar-refractivity contribution in [1.82, 2.24) is 10.2 Å². The van der Waals surface area contributed by atoms with Crippen molar-refractivity contribution in [3.63, 3.8) is 0 Å². The largest absolute Gasteiger partial charge is 0.463 e. The van der Waals surface area contributed by atoms with Crippen LogP contribution in [0.5, 0.6) is 5.75 Å². The summed E-state index contributed by atoms with van der Waals surface area (Å²) in [5.74, 6) is -1.45. The number of furan rings is 1. The minimum absolute atomic E-state index is 0.0166. The number of nitrogens with zero attached hydrogens (tertiary/aromatic N) is 1. The average molecular weight is 498 g/mol. The van der Waals surface area contributed by atoms with E-state index in [2.05, 4.69) is 26.0 Å². The van der Waals surface area contributed by atoms with E-state index in [0.29, 0.717) is 10.0 Å². The molecule has 3 amide bonds. The third kappa shape index (κ3) is 4.55. The first-order chi connectivity index (χ1) is 14.2. The molecule has 1 aliphatic rings. The zero-order valence-corrected chi connectivity index (χ0v) is 18.0. The van der Waals surface area contributed by atoms with Crippen molar-refractivity contribution in [3.8, 4) is 5.75 Å². The van der Waals surface area contributed by atoms with Gasteiger partial charge in [0.2, 0.25) is 5.76 Å². The topological polar surface area (TPSA) is 115 Å². The minimum Gasteiger partial charge on any atom is -0.463 e. The van der Waals surface area contributed by atoms with E-state index in [-0.39, 0.29) is 34.5 Å².